The average Bonchev–Trinajstić information content (AvgIpc) is 2.61. The zero-order chi connectivity index (χ0) is 16.9. The summed E-state index contributed by atoms with van der Waals surface area (Å²) in [6.07, 6.45) is 4.59. The number of carbonyl (C=O) groups is 1. The Morgan fingerprint density at radius 1 is 1.08 bits per heavy atom. The van der Waals surface area contributed by atoms with Gasteiger partial charge in [0.05, 0.1) is 6.10 Å². The number of hydrogen-bond donors (Lipinski definition) is 2. The summed E-state index contributed by atoms with van der Waals surface area (Å²) >= 11 is 0. The van der Waals surface area contributed by atoms with E-state index in [1.54, 1.807) is 24.3 Å². The Labute approximate surface area is 141 Å². The lowest BCUT2D eigenvalue weighted by molar-refractivity contribution is 0.104. The first-order valence-electron chi connectivity index (χ1n) is 8.16. The van der Waals surface area contributed by atoms with Crippen molar-refractivity contribution in [3.63, 3.8) is 0 Å². The number of rotatable bonds is 4. The Morgan fingerprint density at radius 3 is 2.46 bits per heavy atom. The van der Waals surface area contributed by atoms with Crippen molar-refractivity contribution in [1.82, 2.24) is 0 Å². The molecular formula is C20H21NO3. The molecule has 1 aliphatic rings. The third kappa shape index (κ3) is 4.03. The number of carbonyl (C=O) groups excluding carboxylic acids is 1. The number of phenols is 1. The molecule has 0 bridgehead atoms. The molecule has 4 heteroatoms. The van der Waals surface area contributed by atoms with Crippen LogP contribution in [-0.4, -0.2) is 35.2 Å². The average molecular weight is 323 g/mol. The molecule has 2 aromatic carbocycles. The standard InChI is InChI=1S/C20H21NO3/c22-18-10-12-21(13-11-18)17-7-5-16(6-8-17)20(24)9-4-15-2-1-3-19(23)14-15/h1-9,14,18,22-23H,10-13H2/b9-4+. The lowest BCUT2D eigenvalue weighted by Gasteiger charge is -2.31. The van der Waals surface area contributed by atoms with Gasteiger partial charge in [-0.3, -0.25) is 4.79 Å². The summed E-state index contributed by atoms with van der Waals surface area (Å²) in [5, 5.41) is 19.0. The van der Waals surface area contributed by atoms with Crippen molar-refractivity contribution in [2.24, 2.45) is 0 Å². The molecule has 3 rings (SSSR count). The molecule has 1 aliphatic heterocycles. The van der Waals surface area contributed by atoms with Gasteiger partial charge >= 0.3 is 0 Å². The van der Waals surface area contributed by atoms with Crippen LogP contribution < -0.4 is 4.90 Å². The zero-order valence-electron chi connectivity index (χ0n) is 13.4. The summed E-state index contributed by atoms with van der Waals surface area (Å²) < 4.78 is 0. The highest BCUT2D eigenvalue weighted by molar-refractivity contribution is 6.07. The first-order chi connectivity index (χ1) is 11.6. The second-order valence-corrected chi connectivity index (χ2v) is 6.06. The van der Waals surface area contributed by atoms with E-state index in [9.17, 15) is 15.0 Å². The van der Waals surface area contributed by atoms with Crippen molar-refractivity contribution in [3.05, 3.63) is 65.7 Å². The Balaban J connectivity index is 1.65. The molecule has 0 atom stereocenters. The number of allylic oxidation sites excluding steroid dienone is 1. The molecule has 0 aliphatic carbocycles. The van der Waals surface area contributed by atoms with Gasteiger partial charge in [-0.05, 0) is 60.9 Å². The Bertz CT molecular complexity index is 729. The molecule has 0 aromatic heterocycles. The van der Waals surface area contributed by atoms with Gasteiger partial charge in [0.2, 0.25) is 0 Å². The Morgan fingerprint density at radius 2 is 1.79 bits per heavy atom. The van der Waals surface area contributed by atoms with Crippen molar-refractivity contribution in [3.8, 4) is 5.75 Å². The number of nitrogens with zero attached hydrogens (tertiary/aromatic N) is 1. The van der Waals surface area contributed by atoms with Crippen molar-refractivity contribution in [2.75, 3.05) is 18.0 Å². The molecule has 2 aromatic rings. The first-order valence-corrected chi connectivity index (χ1v) is 8.16. The molecule has 2 N–H and O–H groups in total. The Hall–Kier alpha value is -2.59. The van der Waals surface area contributed by atoms with Gasteiger partial charge in [0.25, 0.3) is 0 Å². The first kappa shape index (κ1) is 16.3. The maximum absolute atomic E-state index is 12.2. The summed E-state index contributed by atoms with van der Waals surface area (Å²) in [6, 6.07) is 14.3. The maximum atomic E-state index is 12.2. The third-order valence-electron chi connectivity index (χ3n) is 4.28. The molecule has 0 unspecified atom stereocenters. The van der Waals surface area contributed by atoms with E-state index in [0.29, 0.717) is 5.56 Å². The van der Waals surface area contributed by atoms with Crippen LogP contribution in [0.2, 0.25) is 0 Å². The fraction of sp³-hybridized carbons (Fsp3) is 0.250. The summed E-state index contributed by atoms with van der Waals surface area (Å²) in [5.74, 6) is 0.111. The molecule has 124 valence electrons. The summed E-state index contributed by atoms with van der Waals surface area (Å²) in [4.78, 5) is 14.5. The van der Waals surface area contributed by atoms with Crippen LogP contribution in [0.1, 0.15) is 28.8 Å². The van der Waals surface area contributed by atoms with Crippen LogP contribution in [0.25, 0.3) is 6.08 Å². The lowest BCUT2D eigenvalue weighted by Crippen LogP contribution is -2.35. The topological polar surface area (TPSA) is 60.8 Å². The fourth-order valence-corrected chi connectivity index (χ4v) is 2.86. The largest absolute Gasteiger partial charge is 0.508 e. The quantitative estimate of drug-likeness (QED) is 0.670. The molecule has 1 heterocycles. The predicted octanol–water partition coefficient (Wildman–Crippen LogP) is 3.25. The number of phenolic OH excluding ortho intramolecular Hbond substituents is 1. The molecule has 0 saturated carbocycles. The lowest BCUT2D eigenvalue weighted by atomic mass is 10.1. The molecular weight excluding hydrogens is 302 g/mol. The van der Waals surface area contributed by atoms with E-state index in [2.05, 4.69) is 4.90 Å². The summed E-state index contributed by atoms with van der Waals surface area (Å²) in [7, 11) is 0. The number of aromatic hydroxyl groups is 1. The van der Waals surface area contributed by atoms with Crippen molar-refractivity contribution >= 4 is 17.5 Å². The minimum Gasteiger partial charge on any atom is -0.508 e. The third-order valence-corrected chi connectivity index (χ3v) is 4.28. The van der Waals surface area contributed by atoms with Gasteiger partial charge in [0.15, 0.2) is 5.78 Å². The van der Waals surface area contributed by atoms with Gasteiger partial charge in [-0.2, -0.15) is 0 Å². The van der Waals surface area contributed by atoms with Crippen LogP contribution in [0, 0.1) is 0 Å². The SMILES string of the molecule is O=C(/C=C/c1cccc(O)c1)c1ccc(N2CCC(O)CC2)cc1. The smallest absolute Gasteiger partial charge is 0.185 e. The van der Waals surface area contributed by atoms with E-state index < -0.39 is 0 Å². The summed E-state index contributed by atoms with van der Waals surface area (Å²) in [5.41, 5.74) is 2.49. The highest BCUT2D eigenvalue weighted by atomic mass is 16.3. The minimum atomic E-state index is -0.190. The second kappa shape index (κ2) is 7.32. The molecule has 0 amide bonds. The van der Waals surface area contributed by atoms with Crippen molar-refractivity contribution in [2.45, 2.75) is 18.9 Å². The minimum absolute atomic E-state index is 0.0704. The second-order valence-electron chi connectivity index (χ2n) is 6.06. The van der Waals surface area contributed by atoms with E-state index in [1.165, 1.54) is 6.08 Å². The van der Waals surface area contributed by atoms with Gasteiger partial charge in [0.1, 0.15) is 5.75 Å². The van der Waals surface area contributed by atoms with Gasteiger partial charge < -0.3 is 15.1 Å². The monoisotopic (exact) mass is 323 g/mol. The van der Waals surface area contributed by atoms with E-state index in [0.717, 1.165) is 37.2 Å². The van der Waals surface area contributed by atoms with Crippen LogP contribution in [-0.2, 0) is 0 Å². The van der Waals surface area contributed by atoms with Crippen molar-refractivity contribution in [1.29, 1.82) is 0 Å². The summed E-state index contributed by atoms with van der Waals surface area (Å²) in [6.45, 7) is 1.68. The normalized spacial score (nSPS) is 15.8. The number of anilines is 1. The number of piperidine rings is 1. The number of aliphatic hydroxyl groups excluding tert-OH is 1. The van der Waals surface area contributed by atoms with Gasteiger partial charge in [0, 0.05) is 24.3 Å². The molecule has 1 fully saturated rings. The van der Waals surface area contributed by atoms with Crippen LogP contribution in [0.4, 0.5) is 5.69 Å². The van der Waals surface area contributed by atoms with E-state index in [4.69, 9.17) is 0 Å². The van der Waals surface area contributed by atoms with E-state index in [-0.39, 0.29) is 17.6 Å². The predicted molar refractivity (Wildman–Crippen MR) is 95.4 cm³/mol. The molecule has 1 saturated heterocycles. The highest BCUT2D eigenvalue weighted by Gasteiger charge is 2.17. The maximum Gasteiger partial charge on any atom is 0.185 e. The molecule has 24 heavy (non-hydrogen) atoms. The molecule has 4 nitrogen and oxygen atoms in total. The zero-order valence-corrected chi connectivity index (χ0v) is 13.4. The number of hydrogen-bond acceptors (Lipinski definition) is 4. The Kier molecular flexibility index (Phi) is 4.96. The molecule has 0 spiro atoms. The van der Waals surface area contributed by atoms with E-state index >= 15 is 0 Å². The highest BCUT2D eigenvalue weighted by Crippen LogP contribution is 2.21. The number of benzene rings is 2. The van der Waals surface area contributed by atoms with Gasteiger partial charge in [-0.25, -0.2) is 0 Å². The van der Waals surface area contributed by atoms with Crippen molar-refractivity contribution < 1.29 is 15.0 Å². The number of ketones is 1. The van der Waals surface area contributed by atoms with E-state index in [1.807, 2.05) is 30.3 Å². The molecule has 0 radical (unpaired) electrons. The van der Waals surface area contributed by atoms with Gasteiger partial charge in [-0.15, -0.1) is 0 Å². The van der Waals surface area contributed by atoms with Gasteiger partial charge in [-0.1, -0.05) is 18.2 Å². The van der Waals surface area contributed by atoms with Crippen LogP contribution in [0.5, 0.6) is 5.75 Å². The number of aliphatic hydroxyl groups is 1. The fourth-order valence-electron chi connectivity index (χ4n) is 2.86. The van der Waals surface area contributed by atoms with Crippen LogP contribution in [0.3, 0.4) is 0 Å². The van der Waals surface area contributed by atoms with Crippen LogP contribution in [0.15, 0.2) is 54.6 Å². The van der Waals surface area contributed by atoms with Crippen LogP contribution >= 0.6 is 0 Å².